The number of carbonyl (C=O) groups excluding carboxylic acids is 1. The Bertz CT molecular complexity index is 479. The molecule has 104 valence electrons. The lowest BCUT2D eigenvalue weighted by molar-refractivity contribution is -0.123. The van der Waals surface area contributed by atoms with E-state index in [1.807, 2.05) is 7.05 Å². The predicted octanol–water partition coefficient (Wildman–Crippen LogP) is 0.176. The number of hydrogen-bond donors (Lipinski definition) is 1. The van der Waals surface area contributed by atoms with Gasteiger partial charge in [-0.15, -0.1) is 0 Å². The standard InChI is InChI=1S/C13H19N3O3/c1-15-7-10(14-9-15)12(18)16-5-4-13(11(17)8-16)3-2-6-19-13/h7,9,11,17H,2-6,8H2,1H3/t11-,13-/m0/s1. The van der Waals surface area contributed by atoms with Crippen molar-refractivity contribution in [1.82, 2.24) is 14.5 Å². The van der Waals surface area contributed by atoms with Crippen LogP contribution in [0.4, 0.5) is 0 Å². The van der Waals surface area contributed by atoms with E-state index in [0.29, 0.717) is 31.8 Å². The second-order valence-corrected chi connectivity index (χ2v) is 5.46. The van der Waals surface area contributed by atoms with E-state index < -0.39 is 11.7 Å². The van der Waals surface area contributed by atoms with Gasteiger partial charge >= 0.3 is 0 Å². The first-order valence-corrected chi connectivity index (χ1v) is 6.70. The van der Waals surface area contributed by atoms with Crippen LogP contribution in [-0.2, 0) is 11.8 Å². The first kappa shape index (κ1) is 12.6. The van der Waals surface area contributed by atoms with Gasteiger partial charge in [-0.1, -0.05) is 0 Å². The average molecular weight is 265 g/mol. The van der Waals surface area contributed by atoms with Gasteiger partial charge in [0.05, 0.1) is 11.9 Å². The van der Waals surface area contributed by atoms with E-state index in [2.05, 4.69) is 4.98 Å². The molecule has 6 heteroatoms. The third kappa shape index (κ3) is 2.15. The molecule has 2 aliphatic rings. The summed E-state index contributed by atoms with van der Waals surface area (Å²) in [5.41, 5.74) is 0.0129. The smallest absolute Gasteiger partial charge is 0.274 e. The van der Waals surface area contributed by atoms with Crippen molar-refractivity contribution in [1.29, 1.82) is 0 Å². The van der Waals surface area contributed by atoms with Crippen molar-refractivity contribution in [2.24, 2.45) is 7.05 Å². The molecule has 0 aromatic carbocycles. The number of rotatable bonds is 1. The van der Waals surface area contributed by atoms with Gasteiger partial charge in [0.1, 0.15) is 11.8 Å². The number of ether oxygens (including phenoxy) is 1. The molecule has 3 heterocycles. The number of likely N-dealkylation sites (tertiary alicyclic amines) is 1. The van der Waals surface area contributed by atoms with Crippen molar-refractivity contribution in [2.45, 2.75) is 31.0 Å². The van der Waals surface area contributed by atoms with Crippen LogP contribution in [0.1, 0.15) is 29.8 Å². The van der Waals surface area contributed by atoms with E-state index in [-0.39, 0.29) is 5.91 Å². The highest BCUT2D eigenvalue weighted by molar-refractivity contribution is 5.92. The molecule has 0 radical (unpaired) electrons. The van der Waals surface area contributed by atoms with E-state index in [0.717, 1.165) is 12.8 Å². The quantitative estimate of drug-likeness (QED) is 0.786. The van der Waals surface area contributed by atoms with Crippen molar-refractivity contribution in [2.75, 3.05) is 19.7 Å². The van der Waals surface area contributed by atoms with Crippen LogP contribution in [-0.4, -0.2) is 56.9 Å². The summed E-state index contributed by atoms with van der Waals surface area (Å²) >= 11 is 0. The molecule has 0 saturated carbocycles. The number of aliphatic hydroxyl groups is 1. The number of hydrogen-bond acceptors (Lipinski definition) is 4. The Hall–Kier alpha value is -1.40. The number of piperidine rings is 1. The molecule has 1 amide bonds. The summed E-state index contributed by atoms with van der Waals surface area (Å²) in [6.07, 6.45) is 5.29. The van der Waals surface area contributed by atoms with Crippen LogP contribution in [0.25, 0.3) is 0 Å². The second kappa shape index (κ2) is 4.61. The lowest BCUT2D eigenvalue weighted by Crippen LogP contribution is -2.56. The van der Waals surface area contributed by atoms with Gasteiger partial charge in [-0.3, -0.25) is 4.79 Å². The number of amides is 1. The Morgan fingerprint density at radius 3 is 3.00 bits per heavy atom. The topological polar surface area (TPSA) is 67.6 Å². The Kier molecular flexibility index (Phi) is 3.06. The molecule has 2 aliphatic heterocycles. The molecule has 2 saturated heterocycles. The molecule has 19 heavy (non-hydrogen) atoms. The minimum atomic E-state index is -0.601. The average Bonchev–Trinajstić information content (AvgIpc) is 3.02. The molecule has 0 unspecified atom stereocenters. The largest absolute Gasteiger partial charge is 0.388 e. The summed E-state index contributed by atoms with van der Waals surface area (Å²) in [5.74, 6) is -0.118. The maximum atomic E-state index is 12.3. The minimum Gasteiger partial charge on any atom is -0.388 e. The molecule has 1 aromatic heterocycles. The molecule has 1 aromatic rings. The molecule has 1 spiro atoms. The second-order valence-electron chi connectivity index (χ2n) is 5.46. The molecule has 2 atom stereocenters. The molecular formula is C13H19N3O3. The normalized spacial score (nSPS) is 31.1. The highest BCUT2D eigenvalue weighted by atomic mass is 16.5. The summed E-state index contributed by atoms with van der Waals surface area (Å²) in [7, 11) is 1.83. The lowest BCUT2D eigenvalue weighted by atomic mass is 9.86. The number of β-amino-alcohol motifs (C(OH)–C–C–N with tert-alkyl or cyclic N) is 1. The first-order chi connectivity index (χ1) is 9.11. The van der Waals surface area contributed by atoms with E-state index in [4.69, 9.17) is 4.74 Å². The number of carbonyl (C=O) groups is 1. The SMILES string of the molecule is Cn1cnc(C(=O)N2CC[C@@]3(CCCO3)[C@@H](O)C2)c1. The zero-order chi connectivity index (χ0) is 13.5. The van der Waals surface area contributed by atoms with Gasteiger partial charge in [0.25, 0.3) is 5.91 Å². The van der Waals surface area contributed by atoms with Crippen LogP contribution < -0.4 is 0 Å². The fraction of sp³-hybridized carbons (Fsp3) is 0.692. The van der Waals surface area contributed by atoms with Crippen LogP contribution in [0.5, 0.6) is 0 Å². The Morgan fingerprint density at radius 2 is 2.42 bits per heavy atom. The molecule has 3 rings (SSSR count). The predicted molar refractivity (Wildman–Crippen MR) is 67.7 cm³/mol. The summed E-state index contributed by atoms with van der Waals surface area (Å²) in [6, 6.07) is 0. The van der Waals surface area contributed by atoms with Crippen LogP contribution in [0.2, 0.25) is 0 Å². The highest BCUT2D eigenvalue weighted by Crippen LogP contribution is 2.36. The van der Waals surface area contributed by atoms with Crippen molar-refractivity contribution in [3.05, 3.63) is 18.2 Å². The Labute approximate surface area is 112 Å². The van der Waals surface area contributed by atoms with Gasteiger partial charge in [0.2, 0.25) is 0 Å². The number of nitrogens with zero attached hydrogens (tertiary/aromatic N) is 3. The van der Waals surface area contributed by atoms with Crippen LogP contribution in [0.3, 0.4) is 0 Å². The van der Waals surface area contributed by atoms with Gasteiger partial charge in [-0.05, 0) is 19.3 Å². The van der Waals surface area contributed by atoms with Crippen molar-refractivity contribution in [3.8, 4) is 0 Å². The van der Waals surface area contributed by atoms with Gasteiger partial charge < -0.3 is 19.3 Å². The molecule has 0 bridgehead atoms. The number of aliphatic hydroxyl groups excluding tert-OH is 1. The number of imidazole rings is 1. The lowest BCUT2D eigenvalue weighted by Gasteiger charge is -2.42. The summed E-state index contributed by atoms with van der Waals surface area (Å²) in [4.78, 5) is 18.0. The van der Waals surface area contributed by atoms with Crippen molar-refractivity contribution in [3.63, 3.8) is 0 Å². The summed E-state index contributed by atoms with van der Waals surface area (Å²) < 4.78 is 7.47. The number of aromatic nitrogens is 2. The Balaban J connectivity index is 1.70. The fourth-order valence-corrected chi connectivity index (χ4v) is 3.01. The fourth-order valence-electron chi connectivity index (χ4n) is 3.01. The number of aryl methyl sites for hydroxylation is 1. The van der Waals surface area contributed by atoms with Crippen molar-refractivity contribution >= 4 is 5.91 Å². The maximum absolute atomic E-state index is 12.3. The molecule has 2 fully saturated rings. The van der Waals surface area contributed by atoms with E-state index in [1.165, 1.54) is 0 Å². The third-order valence-corrected chi connectivity index (χ3v) is 4.15. The Morgan fingerprint density at radius 1 is 1.58 bits per heavy atom. The van der Waals surface area contributed by atoms with E-state index in [9.17, 15) is 9.90 Å². The highest BCUT2D eigenvalue weighted by Gasteiger charge is 2.46. The van der Waals surface area contributed by atoms with Crippen LogP contribution >= 0.6 is 0 Å². The zero-order valence-corrected chi connectivity index (χ0v) is 11.1. The zero-order valence-electron chi connectivity index (χ0n) is 11.1. The third-order valence-electron chi connectivity index (χ3n) is 4.15. The van der Waals surface area contributed by atoms with Crippen LogP contribution in [0, 0.1) is 0 Å². The summed E-state index contributed by atoms with van der Waals surface area (Å²) in [6.45, 7) is 1.66. The van der Waals surface area contributed by atoms with Gasteiger partial charge in [0.15, 0.2) is 0 Å². The summed E-state index contributed by atoms with van der Waals surface area (Å²) in [5, 5.41) is 10.3. The van der Waals surface area contributed by atoms with Gasteiger partial charge in [-0.2, -0.15) is 0 Å². The van der Waals surface area contributed by atoms with Crippen LogP contribution in [0.15, 0.2) is 12.5 Å². The van der Waals surface area contributed by atoms with Gasteiger partial charge in [-0.25, -0.2) is 4.98 Å². The molecular weight excluding hydrogens is 246 g/mol. The minimum absolute atomic E-state index is 0.118. The van der Waals surface area contributed by atoms with E-state index in [1.54, 1.807) is 22.0 Å². The molecule has 1 N–H and O–H groups in total. The molecule has 6 nitrogen and oxygen atoms in total. The monoisotopic (exact) mass is 265 g/mol. The first-order valence-electron chi connectivity index (χ1n) is 6.70. The van der Waals surface area contributed by atoms with E-state index >= 15 is 0 Å². The molecule has 0 aliphatic carbocycles. The van der Waals surface area contributed by atoms with Gasteiger partial charge in [0, 0.05) is 32.9 Å². The maximum Gasteiger partial charge on any atom is 0.274 e. The van der Waals surface area contributed by atoms with Crippen molar-refractivity contribution < 1.29 is 14.6 Å².